The number of amides is 1. The van der Waals surface area contributed by atoms with Gasteiger partial charge in [-0.1, -0.05) is 13.8 Å². The molecule has 19 heavy (non-hydrogen) atoms. The van der Waals surface area contributed by atoms with Crippen LogP contribution in [0.2, 0.25) is 0 Å². The van der Waals surface area contributed by atoms with E-state index in [1.807, 2.05) is 13.8 Å². The van der Waals surface area contributed by atoms with E-state index >= 15 is 0 Å². The van der Waals surface area contributed by atoms with Gasteiger partial charge >= 0.3 is 5.97 Å². The summed E-state index contributed by atoms with van der Waals surface area (Å²) in [6, 6.07) is 4.19. The number of carbonyl (C=O) groups excluding carboxylic acids is 2. The molecule has 1 amide bonds. The zero-order chi connectivity index (χ0) is 14.6. The summed E-state index contributed by atoms with van der Waals surface area (Å²) in [6.07, 6.45) is 0. The number of nitrogen functional groups attached to an aromatic ring is 1. The molecule has 0 saturated heterocycles. The van der Waals surface area contributed by atoms with E-state index in [4.69, 9.17) is 5.73 Å². The van der Waals surface area contributed by atoms with Crippen LogP contribution in [0.1, 0.15) is 24.2 Å². The van der Waals surface area contributed by atoms with Crippen molar-refractivity contribution in [3.63, 3.8) is 0 Å². The molecule has 1 aromatic carbocycles. The van der Waals surface area contributed by atoms with Crippen molar-refractivity contribution in [2.75, 3.05) is 12.8 Å². The number of benzene rings is 1. The molecule has 1 aromatic rings. The summed E-state index contributed by atoms with van der Waals surface area (Å²) in [5, 5.41) is 2.65. The van der Waals surface area contributed by atoms with E-state index in [9.17, 15) is 9.59 Å². The van der Waals surface area contributed by atoms with Gasteiger partial charge in [-0.2, -0.15) is 0 Å². The fourth-order valence-electron chi connectivity index (χ4n) is 1.53. The number of esters is 1. The Bertz CT molecular complexity index is 489. The molecule has 1 rings (SSSR count). The standard InChI is InChI=1S/C13H17BrN2O3/c1-7(2)11(13(18)19-3)16-12(17)8-4-5-9(14)10(15)6-8/h4-7,11H,15H2,1-3H3,(H,16,17). The van der Waals surface area contributed by atoms with Gasteiger partial charge in [-0.25, -0.2) is 4.79 Å². The molecular weight excluding hydrogens is 312 g/mol. The topological polar surface area (TPSA) is 81.4 Å². The molecule has 104 valence electrons. The van der Waals surface area contributed by atoms with Crippen LogP contribution in [0.5, 0.6) is 0 Å². The minimum Gasteiger partial charge on any atom is -0.467 e. The van der Waals surface area contributed by atoms with Crippen LogP contribution in [-0.4, -0.2) is 25.0 Å². The Kier molecular flexibility index (Phi) is 5.35. The maximum atomic E-state index is 12.1. The van der Waals surface area contributed by atoms with Crippen LogP contribution in [0.15, 0.2) is 22.7 Å². The molecule has 0 aliphatic rings. The third kappa shape index (κ3) is 3.96. The maximum absolute atomic E-state index is 12.1. The summed E-state index contributed by atoms with van der Waals surface area (Å²) in [7, 11) is 1.29. The number of anilines is 1. The highest BCUT2D eigenvalue weighted by atomic mass is 79.9. The molecule has 6 heteroatoms. The Morgan fingerprint density at radius 3 is 2.47 bits per heavy atom. The van der Waals surface area contributed by atoms with Crippen LogP contribution in [0.3, 0.4) is 0 Å². The van der Waals surface area contributed by atoms with E-state index in [0.29, 0.717) is 11.3 Å². The maximum Gasteiger partial charge on any atom is 0.328 e. The predicted molar refractivity (Wildman–Crippen MR) is 76.7 cm³/mol. The van der Waals surface area contributed by atoms with Gasteiger partial charge in [0, 0.05) is 15.7 Å². The van der Waals surface area contributed by atoms with Gasteiger partial charge in [-0.05, 0) is 40.0 Å². The fourth-order valence-corrected chi connectivity index (χ4v) is 1.78. The number of nitrogens with two attached hydrogens (primary N) is 1. The number of nitrogens with one attached hydrogen (secondary N) is 1. The summed E-state index contributed by atoms with van der Waals surface area (Å²) in [4.78, 5) is 23.6. The number of methoxy groups -OCH3 is 1. The SMILES string of the molecule is COC(=O)C(NC(=O)c1ccc(Br)c(N)c1)C(C)C. The van der Waals surface area contributed by atoms with Crippen molar-refractivity contribution in [1.29, 1.82) is 0 Å². The summed E-state index contributed by atoms with van der Waals surface area (Å²) >= 11 is 3.26. The average Bonchev–Trinajstić information content (AvgIpc) is 2.37. The molecule has 0 saturated carbocycles. The molecule has 0 radical (unpaired) electrons. The molecule has 0 fully saturated rings. The van der Waals surface area contributed by atoms with Gasteiger partial charge in [0.1, 0.15) is 6.04 Å². The van der Waals surface area contributed by atoms with Crippen LogP contribution < -0.4 is 11.1 Å². The quantitative estimate of drug-likeness (QED) is 0.654. The molecule has 0 aliphatic carbocycles. The minimum absolute atomic E-state index is 0.0656. The summed E-state index contributed by atoms with van der Waals surface area (Å²) < 4.78 is 5.39. The highest BCUT2D eigenvalue weighted by Gasteiger charge is 2.25. The fraction of sp³-hybridized carbons (Fsp3) is 0.385. The van der Waals surface area contributed by atoms with Crippen LogP contribution in [-0.2, 0) is 9.53 Å². The van der Waals surface area contributed by atoms with Crippen LogP contribution in [0.4, 0.5) is 5.69 Å². The molecule has 3 N–H and O–H groups in total. The first-order chi connectivity index (χ1) is 8.86. The van der Waals surface area contributed by atoms with E-state index in [2.05, 4.69) is 26.0 Å². The first-order valence-corrected chi connectivity index (χ1v) is 6.59. The van der Waals surface area contributed by atoms with E-state index in [-0.39, 0.29) is 11.8 Å². The van der Waals surface area contributed by atoms with Gasteiger partial charge in [0.2, 0.25) is 0 Å². The highest BCUT2D eigenvalue weighted by Crippen LogP contribution is 2.20. The number of hydrogen-bond acceptors (Lipinski definition) is 4. The Balaban J connectivity index is 2.87. The van der Waals surface area contributed by atoms with Gasteiger partial charge in [-0.15, -0.1) is 0 Å². The lowest BCUT2D eigenvalue weighted by Gasteiger charge is -2.19. The number of hydrogen-bond donors (Lipinski definition) is 2. The average molecular weight is 329 g/mol. The lowest BCUT2D eigenvalue weighted by Crippen LogP contribution is -2.45. The van der Waals surface area contributed by atoms with Gasteiger partial charge in [-0.3, -0.25) is 4.79 Å². The lowest BCUT2D eigenvalue weighted by molar-refractivity contribution is -0.144. The summed E-state index contributed by atoms with van der Waals surface area (Å²) in [5.74, 6) is -0.888. The minimum atomic E-state index is -0.678. The van der Waals surface area contributed by atoms with Gasteiger partial charge < -0.3 is 15.8 Å². The first-order valence-electron chi connectivity index (χ1n) is 5.80. The van der Waals surface area contributed by atoms with Crippen LogP contribution in [0, 0.1) is 5.92 Å². The molecule has 1 atom stereocenters. The van der Waals surface area contributed by atoms with Crippen LogP contribution in [0.25, 0.3) is 0 Å². The molecule has 0 spiro atoms. The third-order valence-electron chi connectivity index (χ3n) is 2.67. The molecule has 0 heterocycles. The van der Waals surface area contributed by atoms with Crippen molar-refractivity contribution in [3.05, 3.63) is 28.2 Å². The van der Waals surface area contributed by atoms with E-state index < -0.39 is 12.0 Å². The van der Waals surface area contributed by atoms with Gasteiger partial charge in [0.25, 0.3) is 5.91 Å². The second-order valence-electron chi connectivity index (χ2n) is 4.45. The molecule has 0 bridgehead atoms. The van der Waals surface area contributed by atoms with Gasteiger partial charge in [0.15, 0.2) is 0 Å². The number of rotatable bonds is 4. The molecule has 0 aliphatic heterocycles. The van der Waals surface area contributed by atoms with Crippen LogP contribution >= 0.6 is 15.9 Å². The third-order valence-corrected chi connectivity index (χ3v) is 3.39. The second kappa shape index (κ2) is 6.56. The number of ether oxygens (including phenoxy) is 1. The molecular formula is C13H17BrN2O3. The van der Waals surface area contributed by atoms with Crippen molar-refractivity contribution in [2.24, 2.45) is 5.92 Å². The van der Waals surface area contributed by atoms with Crippen molar-refractivity contribution in [2.45, 2.75) is 19.9 Å². The zero-order valence-electron chi connectivity index (χ0n) is 11.1. The first kappa shape index (κ1) is 15.5. The summed E-state index contributed by atoms with van der Waals surface area (Å²) in [5.41, 5.74) is 6.58. The summed E-state index contributed by atoms with van der Waals surface area (Å²) in [6.45, 7) is 3.66. The Morgan fingerprint density at radius 2 is 2.00 bits per heavy atom. The highest BCUT2D eigenvalue weighted by molar-refractivity contribution is 9.10. The lowest BCUT2D eigenvalue weighted by atomic mass is 10.0. The largest absolute Gasteiger partial charge is 0.467 e. The van der Waals surface area contributed by atoms with Crippen molar-refractivity contribution in [1.82, 2.24) is 5.32 Å². The van der Waals surface area contributed by atoms with Crippen molar-refractivity contribution >= 4 is 33.5 Å². The van der Waals surface area contributed by atoms with E-state index in [1.54, 1.807) is 18.2 Å². The van der Waals surface area contributed by atoms with Crippen molar-refractivity contribution in [3.8, 4) is 0 Å². The Hall–Kier alpha value is -1.56. The molecule has 5 nitrogen and oxygen atoms in total. The number of halogens is 1. The van der Waals surface area contributed by atoms with Crippen molar-refractivity contribution < 1.29 is 14.3 Å². The number of carbonyl (C=O) groups is 2. The van der Waals surface area contributed by atoms with E-state index in [1.165, 1.54) is 7.11 Å². The smallest absolute Gasteiger partial charge is 0.328 e. The van der Waals surface area contributed by atoms with Gasteiger partial charge in [0.05, 0.1) is 7.11 Å². The monoisotopic (exact) mass is 328 g/mol. The second-order valence-corrected chi connectivity index (χ2v) is 5.31. The molecule has 1 unspecified atom stereocenters. The normalized spacial score (nSPS) is 12.1. The van der Waals surface area contributed by atoms with E-state index in [0.717, 1.165) is 4.47 Å². The predicted octanol–water partition coefficient (Wildman–Crippen LogP) is 1.96. The Labute approximate surface area is 120 Å². The zero-order valence-corrected chi connectivity index (χ0v) is 12.7. The Morgan fingerprint density at radius 1 is 1.37 bits per heavy atom. The molecule has 0 aromatic heterocycles.